The van der Waals surface area contributed by atoms with Crippen LogP contribution >= 0.6 is 15.9 Å². The Kier molecular flexibility index (Phi) is 5.76. The molecule has 1 atom stereocenters. The van der Waals surface area contributed by atoms with Crippen molar-refractivity contribution >= 4 is 38.6 Å². The number of ether oxygens (including phenoxy) is 1. The van der Waals surface area contributed by atoms with Crippen LogP contribution in [-0.2, 0) is 11.4 Å². The Morgan fingerprint density at radius 1 is 1.07 bits per heavy atom. The number of amides is 1. The smallest absolute Gasteiger partial charge is 0.325 e. The average molecular weight is 428 g/mol. The van der Waals surface area contributed by atoms with Gasteiger partial charge < -0.3 is 15.2 Å². The van der Waals surface area contributed by atoms with E-state index in [1.54, 1.807) is 6.07 Å². The number of hydrogen-bond donors (Lipinski definition) is 2. The molecule has 2 N–H and O–H groups in total. The van der Waals surface area contributed by atoms with Gasteiger partial charge in [-0.15, -0.1) is 0 Å². The average Bonchev–Trinajstić information content (AvgIpc) is 2.67. The SMILES string of the molecule is CC(NC(=O)c1ccc2ccccc2c1OCc1ccc(Br)cc1)C(=O)O. The first-order valence-electron chi connectivity index (χ1n) is 8.38. The lowest BCUT2D eigenvalue weighted by molar-refractivity contribution is -0.138. The number of carbonyl (C=O) groups excluding carboxylic acids is 1. The Morgan fingerprint density at radius 2 is 1.78 bits per heavy atom. The maximum absolute atomic E-state index is 12.6. The third-order valence-corrected chi connectivity index (χ3v) is 4.67. The molecule has 1 unspecified atom stereocenters. The number of benzene rings is 3. The summed E-state index contributed by atoms with van der Waals surface area (Å²) < 4.78 is 6.99. The highest BCUT2D eigenvalue weighted by Crippen LogP contribution is 2.31. The largest absolute Gasteiger partial charge is 0.487 e. The molecular formula is C21H18BrNO4. The summed E-state index contributed by atoms with van der Waals surface area (Å²) in [4.78, 5) is 23.7. The van der Waals surface area contributed by atoms with Crippen LogP contribution in [0.3, 0.4) is 0 Å². The number of carboxylic acids is 1. The van der Waals surface area contributed by atoms with Crippen molar-refractivity contribution in [2.45, 2.75) is 19.6 Å². The van der Waals surface area contributed by atoms with E-state index in [4.69, 9.17) is 9.84 Å². The molecule has 0 aliphatic rings. The minimum absolute atomic E-state index is 0.288. The number of carbonyl (C=O) groups is 2. The first-order valence-corrected chi connectivity index (χ1v) is 9.17. The Hall–Kier alpha value is -2.86. The summed E-state index contributed by atoms with van der Waals surface area (Å²) in [5.74, 6) is -1.14. The maximum Gasteiger partial charge on any atom is 0.325 e. The Labute approximate surface area is 165 Å². The molecule has 27 heavy (non-hydrogen) atoms. The van der Waals surface area contributed by atoms with E-state index in [1.165, 1.54) is 6.92 Å². The van der Waals surface area contributed by atoms with Gasteiger partial charge in [0.25, 0.3) is 5.91 Å². The second-order valence-corrected chi connectivity index (χ2v) is 7.03. The lowest BCUT2D eigenvalue weighted by Gasteiger charge is -2.16. The minimum atomic E-state index is -1.10. The number of carboxylic acid groups (broad SMARTS) is 1. The summed E-state index contributed by atoms with van der Waals surface area (Å²) in [5, 5.41) is 13.3. The molecule has 0 aromatic heterocycles. The van der Waals surface area contributed by atoms with Gasteiger partial charge in [-0.1, -0.05) is 58.4 Å². The summed E-state index contributed by atoms with van der Waals surface area (Å²) in [7, 11) is 0. The number of fused-ring (bicyclic) bond motifs is 1. The van der Waals surface area contributed by atoms with Gasteiger partial charge in [-0.3, -0.25) is 9.59 Å². The van der Waals surface area contributed by atoms with Crippen LogP contribution in [0.1, 0.15) is 22.8 Å². The van der Waals surface area contributed by atoms with Crippen molar-refractivity contribution in [3.63, 3.8) is 0 Å². The number of nitrogens with one attached hydrogen (secondary N) is 1. The topological polar surface area (TPSA) is 75.6 Å². The van der Waals surface area contributed by atoms with E-state index in [-0.39, 0.29) is 6.61 Å². The van der Waals surface area contributed by atoms with Crippen LogP contribution in [0.4, 0.5) is 0 Å². The van der Waals surface area contributed by atoms with Gasteiger partial charge in [0.2, 0.25) is 0 Å². The summed E-state index contributed by atoms with van der Waals surface area (Å²) in [6, 6.07) is 17.8. The summed E-state index contributed by atoms with van der Waals surface area (Å²) in [6.07, 6.45) is 0. The van der Waals surface area contributed by atoms with Gasteiger partial charge in [-0.25, -0.2) is 0 Å². The predicted octanol–water partition coefficient (Wildman–Crippen LogP) is 4.38. The maximum atomic E-state index is 12.6. The Balaban J connectivity index is 1.95. The van der Waals surface area contributed by atoms with E-state index in [0.29, 0.717) is 11.3 Å². The lowest BCUT2D eigenvalue weighted by Crippen LogP contribution is -2.38. The first kappa shape index (κ1) is 18.9. The fourth-order valence-electron chi connectivity index (χ4n) is 2.65. The van der Waals surface area contributed by atoms with Crippen molar-refractivity contribution in [2.75, 3.05) is 0 Å². The van der Waals surface area contributed by atoms with Gasteiger partial charge in [0.1, 0.15) is 18.4 Å². The predicted molar refractivity (Wildman–Crippen MR) is 107 cm³/mol. The molecule has 0 fully saturated rings. The van der Waals surface area contributed by atoms with Gasteiger partial charge >= 0.3 is 5.97 Å². The van der Waals surface area contributed by atoms with E-state index < -0.39 is 17.9 Å². The highest BCUT2D eigenvalue weighted by atomic mass is 79.9. The molecule has 0 spiro atoms. The molecular weight excluding hydrogens is 410 g/mol. The third kappa shape index (κ3) is 4.46. The van der Waals surface area contributed by atoms with E-state index in [9.17, 15) is 9.59 Å². The molecule has 0 radical (unpaired) electrons. The molecule has 0 bridgehead atoms. The molecule has 3 aromatic rings. The number of hydrogen-bond acceptors (Lipinski definition) is 3. The molecule has 0 saturated carbocycles. The quantitative estimate of drug-likeness (QED) is 0.611. The highest BCUT2D eigenvalue weighted by molar-refractivity contribution is 9.10. The fourth-order valence-corrected chi connectivity index (χ4v) is 2.91. The molecule has 0 aliphatic heterocycles. The lowest BCUT2D eigenvalue weighted by atomic mass is 10.0. The second kappa shape index (κ2) is 8.22. The van der Waals surface area contributed by atoms with Crippen LogP contribution in [0.2, 0.25) is 0 Å². The zero-order valence-electron chi connectivity index (χ0n) is 14.6. The summed E-state index contributed by atoms with van der Waals surface area (Å²) in [5.41, 5.74) is 1.26. The molecule has 0 aliphatic carbocycles. The zero-order chi connectivity index (χ0) is 19.4. The van der Waals surface area contributed by atoms with Gasteiger partial charge in [0, 0.05) is 9.86 Å². The van der Waals surface area contributed by atoms with Crippen molar-refractivity contribution in [1.29, 1.82) is 0 Å². The molecule has 1 amide bonds. The monoisotopic (exact) mass is 427 g/mol. The Morgan fingerprint density at radius 3 is 2.48 bits per heavy atom. The molecule has 3 aromatic carbocycles. The van der Waals surface area contributed by atoms with Crippen LogP contribution in [0.5, 0.6) is 5.75 Å². The number of rotatable bonds is 6. The van der Waals surface area contributed by atoms with Crippen LogP contribution < -0.4 is 10.1 Å². The molecule has 3 rings (SSSR count). The van der Waals surface area contributed by atoms with Crippen molar-refractivity contribution in [1.82, 2.24) is 5.32 Å². The molecule has 6 heteroatoms. The van der Waals surface area contributed by atoms with Crippen LogP contribution in [0.25, 0.3) is 10.8 Å². The standard InChI is InChI=1S/C21H18BrNO4/c1-13(21(25)26)23-20(24)18-11-8-15-4-2-3-5-17(15)19(18)27-12-14-6-9-16(22)10-7-14/h2-11,13H,12H2,1H3,(H,23,24)(H,25,26). The number of halogens is 1. The van der Waals surface area contributed by atoms with Gasteiger partial charge in [0.15, 0.2) is 0 Å². The number of aliphatic carboxylic acids is 1. The molecule has 0 saturated heterocycles. The van der Waals surface area contributed by atoms with E-state index >= 15 is 0 Å². The molecule has 138 valence electrons. The van der Waals surface area contributed by atoms with Crippen LogP contribution in [0.15, 0.2) is 65.1 Å². The van der Waals surface area contributed by atoms with E-state index in [1.807, 2.05) is 54.6 Å². The summed E-state index contributed by atoms with van der Waals surface area (Å²) in [6.45, 7) is 1.71. The van der Waals surface area contributed by atoms with Crippen LogP contribution in [-0.4, -0.2) is 23.0 Å². The van der Waals surface area contributed by atoms with Crippen molar-refractivity contribution < 1.29 is 19.4 Å². The van der Waals surface area contributed by atoms with Crippen molar-refractivity contribution in [3.8, 4) is 5.75 Å². The van der Waals surface area contributed by atoms with Gasteiger partial charge in [-0.05, 0) is 36.1 Å². The zero-order valence-corrected chi connectivity index (χ0v) is 16.2. The highest BCUT2D eigenvalue weighted by Gasteiger charge is 2.20. The van der Waals surface area contributed by atoms with Gasteiger partial charge in [-0.2, -0.15) is 0 Å². The normalized spacial score (nSPS) is 11.8. The minimum Gasteiger partial charge on any atom is -0.487 e. The molecule has 5 nitrogen and oxygen atoms in total. The second-order valence-electron chi connectivity index (χ2n) is 6.11. The fraction of sp³-hybridized carbons (Fsp3) is 0.143. The van der Waals surface area contributed by atoms with E-state index in [2.05, 4.69) is 21.2 Å². The first-order chi connectivity index (χ1) is 13.0. The summed E-state index contributed by atoms with van der Waals surface area (Å²) >= 11 is 3.40. The van der Waals surface area contributed by atoms with E-state index in [0.717, 1.165) is 20.8 Å². The van der Waals surface area contributed by atoms with Crippen molar-refractivity contribution in [2.24, 2.45) is 0 Å². The van der Waals surface area contributed by atoms with Crippen LogP contribution in [0, 0.1) is 0 Å². The third-order valence-electron chi connectivity index (χ3n) is 4.14. The van der Waals surface area contributed by atoms with Gasteiger partial charge in [0.05, 0.1) is 5.56 Å². The molecule has 0 heterocycles. The Bertz CT molecular complexity index is 985. The van der Waals surface area contributed by atoms with Crippen molar-refractivity contribution in [3.05, 3.63) is 76.3 Å².